The Bertz CT molecular complexity index is 807. The molecule has 1 aromatic carbocycles. The molecule has 2 saturated heterocycles. The lowest BCUT2D eigenvalue weighted by atomic mass is 9.99. The molecule has 1 aromatic rings. The molecule has 28 heavy (non-hydrogen) atoms. The van der Waals surface area contributed by atoms with Gasteiger partial charge in [0.05, 0.1) is 22.5 Å². The van der Waals surface area contributed by atoms with Crippen molar-refractivity contribution in [3.63, 3.8) is 0 Å². The summed E-state index contributed by atoms with van der Waals surface area (Å²) in [4.78, 5) is 12.0. The van der Waals surface area contributed by atoms with E-state index in [1.54, 1.807) is 0 Å². The smallest absolute Gasteiger partial charge is 0.376 e. The largest absolute Gasteiger partial charge is 0.416 e. The summed E-state index contributed by atoms with van der Waals surface area (Å²) < 4.78 is 70.9. The summed E-state index contributed by atoms with van der Waals surface area (Å²) in [6.45, 7) is 1.19. The first-order chi connectivity index (χ1) is 13.2. The molecule has 2 aliphatic heterocycles. The van der Waals surface area contributed by atoms with Crippen molar-refractivity contribution in [2.75, 3.05) is 26.2 Å². The lowest BCUT2D eigenvalue weighted by Crippen LogP contribution is -2.46. The number of sulfonamides is 1. The van der Waals surface area contributed by atoms with Gasteiger partial charge in [-0.1, -0.05) is 6.07 Å². The molecule has 0 aliphatic carbocycles. The third kappa shape index (κ3) is 4.84. The fraction of sp³-hybridized carbons (Fsp3) is 0.611. The minimum atomic E-state index is -4.63. The molecule has 0 bridgehead atoms. The van der Waals surface area contributed by atoms with E-state index in [0.29, 0.717) is 32.1 Å². The van der Waals surface area contributed by atoms with Crippen LogP contribution in [0.5, 0.6) is 0 Å². The third-order valence-electron chi connectivity index (χ3n) is 5.08. The molecule has 0 spiro atoms. The molecule has 10 heteroatoms. The minimum Gasteiger partial charge on any atom is -0.376 e. The summed E-state index contributed by atoms with van der Waals surface area (Å²) in [6, 6.07) is 3.68. The molecule has 6 nitrogen and oxygen atoms in total. The Hall–Kier alpha value is -1.65. The Morgan fingerprint density at radius 2 is 2.04 bits per heavy atom. The van der Waals surface area contributed by atoms with Crippen LogP contribution in [0.15, 0.2) is 29.2 Å². The Kier molecular flexibility index (Phi) is 6.31. The van der Waals surface area contributed by atoms with Crippen LogP contribution in [-0.2, 0) is 25.7 Å². The molecule has 2 heterocycles. The van der Waals surface area contributed by atoms with Crippen molar-refractivity contribution in [2.45, 2.75) is 42.9 Å². The van der Waals surface area contributed by atoms with Crippen molar-refractivity contribution < 1.29 is 31.1 Å². The highest BCUT2D eigenvalue weighted by Gasteiger charge is 2.36. The van der Waals surface area contributed by atoms with E-state index in [2.05, 4.69) is 5.32 Å². The molecule has 2 aliphatic rings. The van der Waals surface area contributed by atoms with Crippen LogP contribution in [0.3, 0.4) is 0 Å². The topological polar surface area (TPSA) is 75.7 Å². The number of nitrogens with one attached hydrogen (secondary N) is 1. The second-order valence-electron chi connectivity index (χ2n) is 7.11. The van der Waals surface area contributed by atoms with Crippen LogP contribution in [0.25, 0.3) is 0 Å². The summed E-state index contributed by atoms with van der Waals surface area (Å²) >= 11 is 0. The zero-order chi connectivity index (χ0) is 20.4. The lowest BCUT2D eigenvalue weighted by molar-refractivity contribution is -0.137. The molecular formula is C18H23F3N2O4S. The molecule has 0 saturated carbocycles. The van der Waals surface area contributed by atoms with E-state index < -0.39 is 32.6 Å². The highest BCUT2D eigenvalue weighted by atomic mass is 32.2. The molecule has 156 valence electrons. The van der Waals surface area contributed by atoms with Gasteiger partial charge in [0.1, 0.15) is 0 Å². The maximum absolute atomic E-state index is 12.9. The standard InChI is InChI=1S/C18H23F3N2O4S/c19-18(20,21)14-5-1-7-16(10-14)28(25,26)23-8-2-4-13(12-23)17(24)22-11-15-6-3-9-27-15/h1,5,7,10,13,15H,2-4,6,8-9,11-12H2,(H,22,24)/t13-,15+/m1/s1. The van der Waals surface area contributed by atoms with Gasteiger partial charge in [0.2, 0.25) is 15.9 Å². The quantitative estimate of drug-likeness (QED) is 0.794. The number of alkyl halides is 3. The molecule has 0 radical (unpaired) electrons. The van der Waals surface area contributed by atoms with Gasteiger partial charge in [0.25, 0.3) is 0 Å². The van der Waals surface area contributed by atoms with Gasteiger partial charge in [-0.2, -0.15) is 17.5 Å². The average Bonchev–Trinajstić information content (AvgIpc) is 3.19. The first-order valence-corrected chi connectivity index (χ1v) is 10.7. The van der Waals surface area contributed by atoms with Crippen molar-refractivity contribution in [3.8, 4) is 0 Å². The molecule has 3 rings (SSSR count). The van der Waals surface area contributed by atoms with Gasteiger partial charge in [0, 0.05) is 26.2 Å². The van der Waals surface area contributed by atoms with Gasteiger partial charge >= 0.3 is 6.18 Å². The van der Waals surface area contributed by atoms with E-state index in [9.17, 15) is 26.4 Å². The maximum atomic E-state index is 12.9. The molecule has 2 atom stereocenters. The fourth-order valence-corrected chi connectivity index (χ4v) is 5.09. The van der Waals surface area contributed by atoms with Gasteiger partial charge < -0.3 is 10.1 Å². The second-order valence-corrected chi connectivity index (χ2v) is 9.05. The van der Waals surface area contributed by atoms with Crippen LogP contribution in [0.1, 0.15) is 31.2 Å². The van der Waals surface area contributed by atoms with Gasteiger partial charge in [-0.05, 0) is 43.9 Å². The van der Waals surface area contributed by atoms with E-state index in [1.165, 1.54) is 0 Å². The number of rotatable bonds is 5. The summed E-state index contributed by atoms with van der Waals surface area (Å²) in [5.41, 5.74) is -1.02. The predicted octanol–water partition coefficient (Wildman–Crippen LogP) is 2.40. The molecule has 1 N–H and O–H groups in total. The molecule has 1 amide bonds. The van der Waals surface area contributed by atoms with Gasteiger partial charge in [0.15, 0.2) is 0 Å². The first kappa shape index (κ1) is 21.1. The monoisotopic (exact) mass is 420 g/mol. The van der Waals surface area contributed by atoms with Crippen molar-refractivity contribution in [3.05, 3.63) is 29.8 Å². The number of piperidine rings is 1. The molecule has 2 fully saturated rings. The number of hydrogen-bond acceptors (Lipinski definition) is 4. The lowest BCUT2D eigenvalue weighted by Gasteiger charge is -2.31. The van der Waals surface area contributed by atoms with E-state index >= 15 is 0 Å². The minimum absolute atomic E-state index is 0.0162. The van der Waals surface area contributed by atoms with Crippen molar-refractivity contribution in [1.82, 2.24) is 9.62 Å². The highest BCUT2D eigenvalue weighted by molar-refractivity contribution is 7.89. The number of nitrogens with zero attached hydrogens (tertiary/aromatic N) is 1. The summed E-state index contributed by atoms with van der Waals surface area (Å²) in [5, 5.41) is 2.80. The van der Waals surface area contributed by atoms with Crippen LogP contribution in [0, 0.1) is 5.92 Å². The van der Waals surface area contributed by atoms with Crippen LogP contribution >= 0.6 is 0 Å². The van der Waals surface area contributed by atoms with Crippen molar-refractivity contribution in [1.29, 1.82) is 0 Å². The number of benzene rings is 1. The number of amides is 1. The second kappa shape index (κ2) is 8.38. The van der Waals surface area contributed by atoms with E-state index in [-0.39, 0.29) is 25.1 Å². The Morgan fingerprint density at radius 3 is 2.71 bits per heavy atom. The van der Waals surface area contributed by atoms with Crippen LogP contribution in [0.4, 0.5) is 13.2 Å². The summed E-state index contributed by atoms with van der Waals surface area (Å²) in [5.74, 6) is -0.782. The Balaban J connectivity index is 1.68. The Labute approximate surface area is 162 Å². The number of carbonyl (C=O) groups is 1. The zero-order valence-electron chi connectivity index (χ0n) is 15.2. The van der Waals surface area contributed by atoms with Crippen molar-refractivity contribution in [2.24, 2.45) is 5.92 Å². The number of carbonyl (C=O) groups excluding carboxylic acids is 1. The normalized spacial score (nSPS) is 24.2. The third-order valence-corrected chi connectivity index (χ3v) is 6.94. The Morgan fingerprint density at radius 1 is 1.25 bits per heavy atom. The molecule has 0 unspecified atom stereocenters. The van der Waals surface area contributed by atoms with Gasteiger partial charge in [-0.25, -0.2) is 8.42 Å². The van der Waals surface area contributed by atoms with Crippen LogP contribution in [0.2, 0.25) is 0 Å². The van der Waals surface area contributed by atoms with Gasteiger partial charge in [-0.15, -0.1) is 0 Å². The van der Waals surface area contributed by atoms with E-state index in [1.807, 2.05) is 0 Å². The number of halogens is 3. The van der Waals surface area contributed by atoms with Crippen molar-refractivity contribution >= 4 is 15.9 Å². The summed E-state index contributed by atoms with van der Waals surface area (Å²) in [6.07, 6.45) is -1.81. The fourth-order valence-electron chi connectivity index (χ4n) is 3.52. The van der Waals surface area contributed by atoms with Crippen LogP contribution in [-0.4, -0.2) is 51.0 Å². The van der Waals surface area contributed by atoms with E-state index in [4.69, 9.17) is 4.74 Å². The average molecular weight is 420 g/mol. The predicted molar refractivity (Wildman–Crippen MR) is 94.9 cm³/mol. The molecule has 0 aromatic heterocycles. The number of hydrogen-bond donors (Lipinski definition) is 1. The maximum Gasteiger partial charge on any atom is 0.416 e. The summed E-state index contributed by atoms with van der Waals surface area (Å²) in [7, 11) is -4.11. The van der Waals surface area contributed by atoms with Crippen LogP contribution < -0.4 is 5.32 Å². The van der Waals surface area contributed by atoms with Gasteiger partial charge in [-0.3, -0.25) is 4.79 Å². The van der Waals surface area contributed by atoms with E-state index in [0.717, 1.165) is 35.3 Å². The number of ether oxygens (including phenoxy) is 1. The molecular weight excluding hydrogens is 397 g/mol. The first-order valence-electron chi connectivity index (χ1n) is 9.24. The highest BCUT2D eigenvalue weighted by Crippen LogP contribution is 2.32. The SMILES string of the molecule is O=C(NC[C@@H]1CCCO1)[C@@H]1CCCN(S(=O)(=O)c2cccc(C(F)(F)F)c2)C1. The zero-order valence-corrected chi connectivity index (χ0v) is 16.1.